The van der Waals surface area contributed by atoms with Crippen LogP contribution in [0.4, 0.5) is 0 Å². The number of ether oxygens (including phenoxy) is 2. The van der Waals surface area contributed by atoms with E-state index < -0.39 is 18.0 Å². The van der Waals surface area contributed by atoms with E-state index in [2.05, 4.69) is 11.3 Å². The molecule has 0 saturated heterocycles. The van der Waals surface area contributed by atoms with Gasteiger partial charge < -0.3 is 14.6 Å². The fraction of sp³-hybridized carbons (Fsp3) is 0.308. The lowest BCUT2D eigenvalue weighted by Crippen LogP contribution is -2.26. The van der Waals surface area contributed by atoms with Crippen LogP contribution in [0.15, 0.2) is 42.7 Å². The van der Waals surface area contributed by atoms with Crippen molar-refractivity contribution in [3.8, 4) is 0 Å². The second kappa shape index (κ2) is 6.06. The van der Waals surface area contributed by atoms with Crippen LogP contribution in [0.5, 0.6) is 0 Å². The first-order chi connectivity index (χ1) is 8.11. The van der Waals surface area contributed by atoms with Gasteiger partial charge in [0, 0.05) is 0 Å². The van der Waals surface area contributed by atoms with E-state index in [-0.39, 0.29) is 5.76 Å². The van der Waals surface area contributed by atoms with Gasteiger partial charge >= 0.3 is 5.97 Å². The lowest BCUT2D eigenvalue weighted by molar-refractivity contribution is -0.149. The van der Waals surface area contributed by atoms with Gasteiger partial charge in [-0.05, 0) is 5.56 Å². The molecular formula is C13H16O4. The molecule has 0 spiro atoms. The molecule has 0 aromatic heterocycles. The Morgan fingerprint density at radius 3 is 2.29 bits per heavy atom. The van der Waals surface area contributed by atoms with Crippen LogP contribution in [0.3, 0.4) is 0 Å². The zero-order chi connectivity index (χ0) is 12.8. The molecular weight excluding hydrogens is 220 g/mol. The molecule has 0 aliphatic carbocycles. The van der Waals surface area contributed by atoms with Gasteiger partial charge in [-0.1, -0.05) is 36.9 Å². The number of methoxy groups -OCH3 is 2. The van der Waals surface area contributed by atoms with Gasteiger partial charge in [0.15, 0.2) is 0 Å². The van der Waals surface area contributed by atoms with Gasteiger partial charge in [-0.25, -0.2) is 0 Å². The zero-order valence-corrected chi connectivity index (χ0v) is 9.92. The maximum absolute atomic E-state index is 11.6. The maximum atomic E-state index is 11.6. The minimum atomic E-state index is -1.03. The highest BCUT2D eigenvalue weighted by Crippen LogP contribution is 2.28. The number of esters is 1. The minimum absolute atomic E-state index is 0.174. The van der Waals surface area contributed by atoms with Crippen molar-refractivity contribution in [2.75, 3.05) is 14.2 Å². The van der Waals surface area contributed by atoms with Crippen molar-refractivity contribution in [1.29, 1.82) is 0 Å². The van der Waals surface area contributed by atoms with E-state index in [1.54, 1.807) is 24.3 Å². The smallest absolute Gasteiger partial charge is 0.319 e. The summed E-state index contributed by atoms with van der Waals surface area (Å²) in [5, 5.41) is 10.1. The van der Waals surface area contributed by atoms with Crippen molar-refractivity contribution in [3.05, 3.63) is 48.2 Å². The second-order valence-electron chi connectivity index (χ2n) is 3.53. The fourth-order valence-corrected chi connectivity index (χ4v) is 1.53. The van der Waals surface area contributed by atoms with Crippen LogP contribution in [0.25, 0.3) is 0 Å². The van der Waals surface area contributed by atoms with E-state index in [9.17, 15) is 9.90 Å². The monoisotopic (exact) mass is 236 g/mol. The third-order valence-corrected chi connectivity index (χ3v) is 2.52. The number of benzene rings is 1. The molecule has 0 heterocycles. The van der Waals surface area contributed by atoms with Crippen molar-refractivity contribution in [2.45, 2.75) is 6.10 Å². The number of hydrogen-bond acceptors (Lipinski definition) is 4. The van der Waals surface area contributed by atoms with Gasteiger partial charge in [0.2, 0.25) is 0 Å². The van der Waals surface area contributed by atoms with Crippen molar-refractivity contribution in [3.63, 3.8) is 0 Å². The van der Waals surface area contributed by atoms with E-state index in [4.69, 9.17) is 4.74 Å². The Kier molecular flexibility index (Phi) is 4.72. The summed E-state index contributed by atoms with van der Waals surface area (Å²) in [4.78, 5) is 11.6. The predicted molar refractivity (Wildman–Crippen MR) is 63.1 cm³/mol. The molecule has 0 radical (unpaired) electrons. The first kappa shape index (κ1) is 13.3. The Morgan fingerprint density at radius 1 is 1.24 bits per heavy atom. The van der Waals surface area contributed by atoms with Crippen molar-refractivity contribution in [2.24, 2.45) is 5.92 Å². The van der Waals surface area contributed by atoms with E-state index in [0.717, 1.165) is 0 Å². The first-order valence-corrected chi connectivity index (χ1v) is 5.15. The second-order valence-corrected chi connectivity index (χ2v) is 3.53. The topological polar surface area (TPSA) is 55.8 Å². The highest BCUT2D eigenvalue weighted by molar-refractivity contribution is 5.76. The summed E-state index contributed by atoms with van der Waals surface area (Å²) in [5.41, 5.74) is 0.612. The molecule has 0 amide bonds. The third-order valence-electron chi connectivity index (χ3n) is 2.52. The number of rotatable bonds is 5. The summed E-state index contributed by atoms with van der Waals surface area (Å²) in [6.45, 7) is 3.61. The molecule has 0 fully saturated rings. The molecule has 4 nitrogen and oxygen atoms in total. The third kappa shape index (κ3) is 3.07. The normalized spacial score (nSPS) is 13.6. The van der Waals surface area contributed by atoms with Crippen LogP contribution >= 0.6 is 0 Å². The average molecular weight is 236 g/mol. The summed E-state index contributed by atoms with van der Waals surface area (Å²) in [5.74, 6) is -1.33. The Bertz CT molecular complexity index is 370. The largest absolute Gasteiger partial charge is 0.501 e. The van der Waals surface area contributed by atoms with Gasteiger partial charge in [-0.3, -0.25) is 4.79 Å². The lowest BCUT2D eigenvalue weighted by Gasteiger charge is -2.21. The number of hydrogen-bond donors (Lipinski definition) is 1. The van der Waals surface area contributed by atoms with Crippen LogP contribution in [-0.2, 0) is 14.3 Å². The SMILES string of the molecule is C=C(OC)[C@@H](C(=O)OC)[C@H](O)c1ccccc1. The maximum Gasteiger partial charge on any atom is 0.319 e. The molecule has 92 valence electrons. The van der Waals surface area contributed by atoms with Gasteiger partial charge in [-0.15, -0.1) is 0 Å². The van der Waals surface area contributed by atoms with E-state index in [0.29, 0.717) is 5.56 Å². The van der Waals surface area contributed by atoms with Crippen LogP contribution in [-0.4, -0.2) is 25.3 Å². The summed E-state index contributed by atoms with van der Waals surface area (Å²) in [6, 6.07) is 8.84. The van der Waals surface area contributed by atoms with Crippen LogP contribution < -0.4 is 0 Å². The molecule has 0 unspecified atom stereocenters. The zero-order valence-electron chi connectivity index (χ0n) is 9.92. The number of aliphatic hydroxyl groups is 1. The van der Waals surface area contributed by atoms with Crippen molar-refractivity contribution < 1.29 is 19.4 Å². The highest BCUT2D eigenvalue weighted by Gasteiger charge is 2.32. The van der Waals surface area contributed by atoms with Crippen LogP contribution in [0, 0.1) is 5.92 Å². The predicted octanol–water partition coefficient (Wildman–Crippen LogP) is 1.67. The van der Waals surface area contributed by atoms with E-state index in [1.807, 2.05) is 6.07 Å². The molecule has 1 aromatic carbocycles. The fourth-order valence-electron chi connectivity index (χ4n) is 1.53. The Balaban J connectivity index is 2.99. The molecule has 1 N–H and O–H groups in total. The number of carbonyl (C=O) groups is 1. The molecule has 17 heavy (non-hydrogen) atoms. The molecule has 0 bridgehead atoms. The summed E-state index contributed by atoms with van der Waals surface area (Å²) < 4.78 is 9.56. The van der Waals surface area contributed by atoms with Gasteiger partial charge in [0.1, 0.15) is 11.7 Å². The molecule has 0 saturated carbocycles. The molecule has 0 aliphatic rings. The van der Waals surface area contributed by atoms with Crippen molar-refractivity contribution in [1.82, 2.24) is 0 Å². The van der Waals surface area contributed by atoms with E-state index in [1.165, 1.54) is 14.2 Å². The van der Waals surface area contributed by atoms with Crippen LogP contribution in [0.2, 0.25) is 0 Å². The molecule has 1 aromatic rings. The molecule has 2 atom stereocenters. The van der Waals surface area contributed by atoms with Crippen molar-refractivity contribution >= 4 is 5.97 Å². The Labute approximate surface area is 100 Å². The lowest BCUT2D eigenvalue weighted by atomic mass is 9.94. The highest BCUT2D eigenvalue weighted by atomic mass is 16.5. The van der Waals surface area contributed by atoms with Gasteiger partial charge in [0.25, 0.3) is 0 Å². The standard InChI is InChI=1S/C13H16O4/c1-9(16-2)11(13(15)17-3)12(14)10-7-5-4-6-8-10/h4-8,11-12,14H,1H2,2-3H3/t11-,12-/m1/s1. The van der Waals surface area contributed by atoms with E-state index >= 15 is 0 Å². The van der Waals surface area contributed by atoms with Crippen LogP contribution in [0.1, 0.15) is 11.7 Å². The Hall–Kier alpha value is -1.81. The molecule has 1 rings (SSSR count). The molecule has 4 heteroatoms. The average Bonchev–Trinajstić information content (AvgIpc) is 2.39. The summed E-state index contributed by atoms with van der Waals surface area (Å²) in [6.07, 6.45) is -1.03. The number of aliphatic hydroxyl groups excluding tert-OH is 1. The summed E-state index contributed by atoms with van der Waals surface area (Å²) >= 11 is 0. The van der Waals surface area contributed by atoms with Gasteiger partial charge in [0.05, 0.1) is 20.3 Å². The Morgan fingerprint density at radius 2 is 1.82 bits per heavy atom. The first-order valence-electron chi connectivity index (χ1n) is 5.15. The minimum Gasteiger partial charge on any atom is -0.501 e. The summed E-state index contributed by atoms with van der Waals surface area (Å²) in [7, 11) is 2.66. The quantitative estimate of drug-likeness (QED) is 0.624. The molecule has 0 aliphatic heterocycles. The van der Waals surface area contributed by atoms with Gasteiger partial charge in [-0.2, -0.15) is 0 Å². The number of carbonyl (C=O) groups excluding carboxylic acids is 1.